The highest BCUT2D eigenvalue weighted by atomic mass is 16.5. The van der Waals surface area contributed by atoms with Gasteiger partial charge in [0, 0.05) is 11.7 Å². The van der Waals surface area contributed by atoms with E-state index in [4.69, 9.17) is 4.74 Å². The fourth-order valence-electron chi connectivity index (χ4n) is 1.56. The Morgan fingerprint density at radius 2 is 2.06 bits per heavy atom. The largest absolute Gasteiger partial charge is 0.460 e. The van der Waals surface area contributed by atoms with Crippen molar-refractivity contribution in [3.63, 3.8) is 0 Å². The van der Waals surface area contributed by atoms with E-state index in [2.05, 4.69) is 4.98 Å². The Bertz CT molecular complexity index is 534. The van der Waals surface area contributed by atoms with Crippen LogP contribution in [0.1, 0.15) is 26.3 Å². The Morgan fingerprint density at radius 1 is 1.29 bits per heavy atom. The molecule has 2 aromatic rings. The molecule has 0 atom stereocenters. The number of hydrogen-bond donors (Lipinski definition) is 1. The number of esters is 1. The molecule has 0 amide bonds. The van der Waals surface area contributed by atoms with Crippen LogP contribution in [0, 0.1) is 5.41 Å². The average Bonchev–Trinajstić information content (AvgIpc) is 2.71. The Labute approximate surface area is 101 Å². The molecule has 0 saturated carbocycles. The summed E-state index contributed by atoms with van der Waals surface area (Å²) in [5.74, 6) is -0.174. The van der Waals surface area contributed by atoms with Gasteiger partial charge >= 0.3 is 5.97 Å². The van der Waals surface area contributed by atoms with Gasteiger partial charge in [-0.2, -0.15) is 0 Å². The minimum Gasteiger partial charge on any atom is -0.460 e. The maximum Gasteiger partial charge on any atom is 0.311 e. The second-order valence-corrected chi connectivity index (χ2v) is 5.23. The van der Waals surface area contributed by atoms with E-state index >= 15 is 0 Å². The van der Waals surface area contributed by atoms with E-state index in [0.29, 0.717) is 6.61 Å². The third kappa shape index (κ3) is 2.67. The highest BCUT2D eigenvalue weighted by molar-refractivity contribution is 5.80. The first kappa shape index (κ1) is 11.7. The zero-order valence-corrected chi connectivity index (χ0v) is 10.4. The first-order valence-electron chi connectivity index (χ1n) is 5.70. The lowest BCUT2D eigenvalue weighted by Crippen LogP contribution is -2.22. The highest BCUT2D eigenvalue weighted by Crippen LogP contribution is 2.18. The minimum atomic E-state index is -0.446. The van der Waals surface area contributed by atoms with Gasteiger partial charge in [-0.1, -0.05) is 6.07 Å². The molecule has 1 heterocycles. The normalized spacial score (nSPS) is 11.7. The number of carbonyl (C=O) groups is 1. The van der Waals surface area contributed by atoms with E-state index < -0.39 is 5.41 Å². The Kier molecular flexibility index (Phi) is 2.92. The van der Waals surface area contributed by atoms with Gasteiger partial charge in [0.1, 0.15) is 6.61 Å². The van der Waals surface area contributed by atoms with E-state index in [0.717, 1.165) is 16.5 Å². The minimum absolute atomic E-state index is 0.174. The summed E-state index contributed by atoms with van der Waals surface area (Å²) < 4.78 is 5.27. The molecule has 0 aliphatic rings. The average molecular weight is 231 g/mol. The summed E-state index contributed by atoms with van der Waals surface area (Å²) in [6.07, 6.45) is 1.90. The molecular weight excluding hydrogens is 214 g/mol. The number of aromatic nitrogens is 1. The highest BCUT2D eigenvalue weighted by Gasteiger charge is 2.22. The molecule has 1 aromatic carbocycles. The monoisotopic (exact) mass is 231 g/mol. The van der Waals surface area contributed by atoms with Gasteiger partial charge in [-0.3, -0.25) is 4.79 Å². The molecule has 1 N–H and O–H groups in total. The van der Waals surface area contributed by atoms with Crippen LogP contribution in [0.2, 0.25) is 0 Å². The van der Waals surface area contributed by atoms with Crippen LogP contribution in [-0.4, -0.2) is 11.0 Å². The number of H-pyrrole nitrogens is 1. The third-order valence-corrected chi connectivity index (χ3v) is 2.60. The van der Waals surface area contributed by atoms with Crippen molar-refractivity contribution in [2.24, 2.45) is 5.41 Å². The van der Waals surface area contributed by atoms with Crippen molar-refractivity contribution < 1.29 is 9.53 Å². The number of aromatic amines is 1. The SMILES string of the molecule is CC(C)(C)C(=O)OCc1ccc2[nH]ccc2c1. The van der Waals surface area contributed by atoms with Crippen LogP contribution in [0.4, 0.5) is 0 Å². The lowest BCUT2D eigenvalue weighted by molar-refractivity contribution is -0.154. The van der Waals surface area contributed by atoms with Gasteiger partial charge in [0.25, 0.3) is 0 Å². The standard InChI is InChI=1S/C14H17NO2/c1-14(2,3)13(16)17-9-10-4-5-12-11(8-10)6-7-15-12/h4-8,15H,9H2,1-3H3. The zero-order chi connectivity index (χ0) is 12.5. The molecule has 0 fully saturated rings. The Morgan fingerprint density at radius 3 is 2.76 bits per heavy atom. The maximum atomic E-state index is 11.6. The molecule has 17 heavy (non-hydrogen) atoms. The summed E-state index contributed by atoms with van der Waals surface area (Å²) in [5.41, 5.74) is 1.66. The zero-order valence-electron chi connectivity index (χ0n) is 10.4. The number of nitrogens with one attached hydrogen (secondary N) is 1. The summed E-state index contributed by atoms with van der Waals surface area (Å²) in [6.45, 7) is 5.89. The molecule has 3 heteroatoms. The van der Waals surface area contributed by atoms with E-state index in [1.165, 1.54) is 0 Å². The van der Waals surface area contributed by atoms with Crippen molar-refractivity contribution in [2.45, 2.75) is 27.4 Å². The van der Waals surface area contributed by atoms with Crippen LogP contribution in [0.3, 0.4) is 0 Å². The van der Waals surface area contributed by atoms with Gasteiger partial charge in [-0.25, -0.2) is 0 Å². The molecule has 1 aromatic heterocycles. The molecule has 2 rings (SSSR count). The molecule has 0 aliphatic carbocycles. The number of benzene rings is 1. The lowest BCUT2D eigenvalue weighted by atomic mass is 9.97. The second kappa shape index (κ2) is 4.24. The molecule has 0 radical (unpaired) electrons. The third-order valence-electron chi connectivity index (χ3n) is 2.60. The second-order valence-electron chi connectivity index (χ2n) is 5.23. The predicted molar refractivity (Wildman–Crippen MR) is 67.5 cm³/mol. The first-order chi connectivity index (χ1) is 7.97. The van der Waals surface area contributed by atoms with Crippen LogP contribution in [0.15, 0.2) is 30.5 Å². The molecule has 0 unspecified atom stereocenters. The maximum absolute atomic E-state index is 11.6. The quantitative estimate of drug-likeness (QED) is 0.806. The van der Waals surface area contributed by atoms with Gasteiger partial charge in [0.15, 0.2) is 0 Å². The lowest BCUT2D eigenvalue weighted by Gasteiger charge is -2.16. The number of ether oxygens (including phenoxy) is 1. The van der Waals surface area contributed by atoms with Gasteiger partial charge in [0.2, 0.25) is 0 Å². The van der Waals surface area contributed by atoms with E-state index in [1.807, 2.05) is 51.2 Å². The van der Waals surface area contributed by atoms with Crippen molar-refractivity contribution in [1.82, 2.24) is 4.98 Å². The molecule has 0 spiro atoms. The van der Waals surface area contributed by atoms with Crippen molar-refractivity contribution in [2.75, 3.05) is 0 Å². The van der Waals surface area contributed by atoms with E-state index in [1.54, 1.807) is 0 Å². The fraction of sp³-hybridized carbons (Fsp3) is 0.357. The topological polar surface area (TPSA) is 42.1 Å². The molecule has 3 nitrogen and oxygen atoms in total. The van der Waals surface area contributed by atoms with Crippen molar-refractivity contribution in [3.05, 3.63) is 36.0 Å². The summed E-state index contributed by atoms with van der Waals surface area (Å²) >= 11 is 0. The van der Waals surface area contributed by atoms with Crippen molar-refractivity contribution in [1.29, 1.82) is 0 Å². The fourth-order valence-corrected chi connectivity index (χ4v) is 1.56. The molecule has 90 valence electrons. The van der Waals surface area contributed by atoms with Crippen molar-refractivity contribution >= 4 is 16.9 Å². The van der Waals surface area contributed by atoms with Gasteiger partial charge in [0.05, 0.1) is 5.41 Å². The van der Waals surface area contributed by atoms with Gasteiger partial charge in [-0.15, -0.1) is 0 Å². The molecular formula is C14H17NO2. The number of carbonyl (C=O) groups excluding carboxylic acids is 1. The molecule has 0 bridgehead atoms. The van der Waals surface area contributed by atoms with Crippen LogP contribution in [0.5, 0.6) is 0 Å². The Balaban J connectivity index is 2.06. The summed E-state index contributed by atoms with van der Waals surface area (Å²) in [6, 6.07) is 8.00. The van der Waals surface area contributed by atoms with Crippen molar-refractivity contribution in [3.8, 4) is 0 Å². The number of hydrogen-bond acceptors (Lipinski definition) is 2. The van der Waals surface area contributed by atoms with E-state index in [-0.39, 0.29) is 5.97 Å². The van der Waals surface area contributed by atoms with Crippen LogP contribution >= 0.6 is 0 Å². The summed E-state index contributed by atoms with van der Waals surface area (Å²) in [4.78, 5) is 14.8. The summed E-state index contributed by atoms with van der Waals surface area (Å²) in [5, 5.41) is 1.13. The number of fused-ring (bicyclic) bond motifs is 1. The van der Waals surface area contributed by atoms with Crippen LogP contribution < -0.4 is 0 Å². The number of rotatable bonds is 2. The smallest absolute Gasteiger partial charge is 0.311 e. The van der Waals surface area contributed by atoms with Gasteiger partial charge < -0.3 is 9.72 Å². The van der Waals surface area contributed by atoms with E-state index in [9.17, 15) is 4.79 Å². The van der Waals surface area contributed by atoms with Crippen LogP contribution in [-0.2, 0) is 16.1 Å². The first-order valence-corrected chi connectivity index (χ1v) is 5.70. The predicted octanol–water partition coefficient (Wildman–Crippen LogP) is 3.26. The molecule has 0 aliphatic heterocycles. The Hall–Kier alpha value is -1.77. The van der Waals surface area contributed by atoms with Gasteiger partial charge in [-0.05, 0) is 49.9 Å². The molecule has 0 saturated heterocycles. The van der Waals surface area contributed by atoms with Crippen LogP contribution in [0.25, 0.3) is 10.9 Å². The summed E-state index contributed by atoms with van der Waals surface area (Å²) in [7, 11) is 0.